The van der Waals surface area contributed by atoms with Crippen LogP contribution in [-0.4, -0.2) is 50.2 Å². The monoisotopic (exact) mass is 304 g/mol. The van der Waals surface area contributed by atoms with E-state index in [1.807, 2.05) is 0 Å². The van der Waals surface area contributed by atoms with Gasteiger partial charge >= 0.3 is 0 Å². The molecule has 1 N–H and O–H groups in total. The maximum absolute atomic E-state index is 11.9. The Bertz CT molecular complexity index is 470. The van der Waals surface area contributed by atoms with E-state index in [4.69, 9.17) is 4.74 Å². The van der Waals surface area contributed by atoms with E-state index in [-0.39, 0.29) is 12.0 Å². The zero-order valence-corrected chi connectivity index (χ0v) is 14.0. The van der Waals surface area contributed by atoms with Crippen LogP contribution in [0, 0.1) is 0 Å². The molecule has 1 amide bonds. The van der Waals surface area contributed by atoms with Gasteiger partial charge in [0.1, 0.15) is 0 Å². The van der Waals surface area contributed by atoms with Crippen LogP contribution in [0.5, 0.6) is 0 Å². The molecular weight excluding hydrogens is 276 g/mol. The number of nitrogens with zero attached hydrogens (tertiary/aromatic N) is 1. The highest BCUT2D eigenvalue weighted by molar-refractivity contribution is 5.76. The Morgan fingerprint density at radius 3 is 2.73 bits per heavy atom. The van der Waals surface area contributed by atoms with Crippen LogP contribution in [-0.2, 0) is 16.0 Å². The fourth-order valence-electron chi connectivity index (χ4n) is 2.63. The lowest BCUT2D eigenvalue weighted by molar-refractivity contribution is -0.122. The Balaban J connectivity index is 1.68. The zero-order valence-electron chi connectivity index (χ0n) is 14.0. The van der Waals surface area contributed by atoms with Crippen LogP contribution in [0.15, 0.2) is 24.3 Å². The van der Waals surface area contributed by atoms with Gasteiger partial charge in [0.25, 0.3) is 0 Å². The molecule has 122 valence electrons. The predicted molar refractivity (Wildman–Crippen MR) is 89.1 cm³/mol. The number of aryl methyl sites for hydroxylation is 1. The molecule has 1 aliphatic heterocycles. The number of rotatable bonds is 6. The minimum absolute atomic E-state index is 0.102. The number of benzene rings is 1. The fraction of sp³-hybridized carbons (Fsp3) is 0.611. The second-order valence-electron chi connectivity index (χ2n) is 6.46. The number of ether oxygens (including phenoxy) is 1. The van der Waals surface area contributed by atoms with E-state index in [0.29, 0.717) is 18.9 Å². The number of amides is 1. The number of hydrogen-bond donors (Lipinski definition) is 1. The van der Waals surface area contributed by atoms with Gasteiger partial charge < -0.3 is 15.0 Å². The van der Waals surface area contributed by atoms with E-state index < -0.39 is 0 Å². The summed E-state index contributed by atoms with van der Waals surface area (Å²) in [5.74, 6) is 0.649. The van der Waals surface area contributed by atoms with E-state index in [9.17, 15) is 4.79 Å². The smallest absolute Gasteiger partial charge is 0.220 e. The van der Waals surface area contributed by atoms with E-state index in [1.54, 1.807) is 0 Å². The standard InChI is InChI=1S/C18H28N2O2/c1-14(2)16-7-4-15(5-8-16)6-9-18(21)19-12-17-13-20(3)10-11-22-17/h4-5,7-8,14,17H,6,9-13H2,1-3H3,(H,19,21). The summed E-state index contributed by atoms with van der Waals surface area (Å²) < 4.78 is 5.64. The maximum Gasteiger partial charge on any atom is 0.220 e. The van der Waals surface area contributed by atoms with Crippen LogP contribution in [0.1, 0.15) is 37.3 Å². The topological polar surface area (TPSA) is 41.6 Å². The second-order valence-corrected chi connectivity index (χ2v) is 6.46. The van der Waals surface area contributed by atoms with Crippen molar-refractivity contribution in [2.75, 3.05) is 33.3 Å². The first-order valence-electron chi connectivity index (χ1n) is 8.20. The summed E-state index contributed by atoms with van der Waals surface area (Å²) in [7, 11) is 2.08. The molecule has 4 heteroatoms. The molecule has 1 unspecified atom stereocenters. The largest absolute Gasteiger partial charge is 0.374 e. The minimum Gasteiger partial charge on any atom is -0.374 e. The van der Waals surface area contributed by atoms with Crippen LogP contribution >= 0.6 is 0 Å². The summed E-state index contributed by atoms with van der Waals surface area (Å²) in [6, 6.07) is 8.57. The molecule has 0 spiro atoms. The second kappa shape index (κ2) is 8.30. The summed E-state index contributed by atoms with van der Waals surface area (Å²) in [4.78, 5) is 14.2. The Kier molecular flexibility index (Phi) is 6.40. The molecule has 1 atom stereocenters. The molecule has 1 aromatic carbocycles. The molecule has 4 nitrogen and oxygen atoms in total. The van der Waals surface area contributed by atoms with Crippen molar-refractivity contribution in [1.82, 2.24) is 10.2 Å². The van der Waals surface area contributed by atoms with Crippen molar-refractivity contribution in [3.63, 3.8) is 0 Å². The summed E-state index contributed by atoms with van der Waals surface area (Å²) in [5, 5.41) is 2.98. The van der Waals surface area contributed by atoms with E-state index in [1.165, 1.54) is 11.1 Å². The van der Waals surface area contributed by atoms with Crippen LogP contribution in [0.4, 0.5) is 0 Å². The third kappa shape index (κ3) is 5.43. The number of carbonyl (C=O) groups excluding carboxylic acids is 1. The third-order valence-corrected chi connectivity index (χ3v) is 4.16. The van der Waals surface area contributed by atoms with Gasteiger partial charge in [-0.25, -0.2) is 0 Å². The molecule has 1 saturated heterocycles. The van der Waals surface area contributed by atoms with E-state index in [2.05, 4.69) is 55.4 Å². The van der Waals surface area contributed by atoms with Crippen molar-refractivity contribution in [1.29, 1.82) is 0 Å². The molecule has 2 rings (SSSR count). The van der Waals surface area contributed by atoms with Crippen LogP contribution in [0.2, 0.25) is 0 Å². The summed E-state index contributed by atoms with van der Waals surface area (Å²) in [6.45, 7) is 7.59. The number of nitrogens with one attached hydrogen (secondary N) is 1. The first-order chi connectivity index (χ1) is 10.5. The highest BCUT2D eigenvalue weighted by Gasteiger charge is 2.18. The number of hydrogen-bond acceptors (Lipinski definition) is 3. The van der Waals surface area contributed by atoms with Crippen molar-refractivity contribution >= 4 is 5.91 Å². The molecule has 1 heterocycles. The van der Waals surface area contributed by atoms with Gasteiger partial charge in [0.2, 0.25) is 5.91 Å². The lowest BCUT2D eigenvalue weighted by Gasteiger charge is -2.30. The molecule has 1 aliphatic rings. The minimum atomic E-state index is 0.102. The highest BCUT2D eigenvalue weighted by atomic mass is 16.5. The van der Waals surface area contributed by atoms with Crippen molar-refractivity contribution in [3.8, 4) is 0 Å². The first kappa shape index (κ1) is 17.0. The van der Waals surface area contributed by atoms with Gasteiger partial charge in [-0.05, 0) is 30.5 Å². The summed E-state index contributed by atoms with van der Waals surface area (Å²) >= 11 is 0. The molecule has 22 heavy (non-hydrogen) atoms. The molecule has 1 fully saturated rings. The summed E-state index contributed by atoms with van der Waals surface area (Å²) in [5.41, 5.74) is 2.56. The van der Waals surface area contributed by atoms with Crippen molar-refractivity contribution < 1.29 is 9.53 Å². The lowest BCUT2D eigenvalue weighted by Crippen LogP contribution is -2.45. The number of likely N-dealkylation sites (N-methyl/N-ethyl adjacent to an activating group) is 1. The molecule has 0 radical (unpaired) electrons. The Hall–Kier alpha value is -1.39. The maximum atomic E-state index is 11.9. The fourth-order valence-corrected chi connectivity index (χ4v) is 2.63. The molecule has 0 saturated carbocycles. The van der Waals surface area contributed by atoms with Gasteiger partial charge in [0.15, 0.2) is 0 Å². The van der Waals surface area contributed by atoms with E-state index >= 15 is 0 Å². The van der Waals surface area contributed by atoms with Gasteiger partial charge in [-0.3, -0.25) is 4.79 Å². The lowest BCUT2D eigenvalue weighted by atomic mass is 10.0. The SMILES string of the molecule is CC(C)c1ccc(CCC(=O)NCC2CN(C)CCO2)cc1. The first-order valence-corrected chi connectivity index (χ1v) is 8.20. The third-order valence-electron chi connectivity index (χ3n) is 4.16. The molecule has 0 bridgehead atoms. The predicted octanol–water partition coefficient (Wildman–Crippen LogP) is 2.19. The molecule has 0 aliphatic carbocycles. The van der Waals surface area contributed by atoms with Gasteiger partial charge in [0, 0.05) is 26.1 Å². The van der Waals surface area contributed by atoms with Crippen LogP contribution < -0.4 is 5.32 Å². The number of morpholine rings is 1. The van der Waals surface area contributed by atoms with Gasteiger partial charge in [-0.1, -0.05) is 38.1 Å². The van der Waals surface area contributed by atoms with Gasteiger partial charge in [-0.15, -0.1) is 0 Å². The van der Waals surface area contributed by atoms with Gasteiger partial charge in [-0.2, -0.15) is 0 Å². The quantitative estimate of drug-likeness (QED) is 0.876. The normalized spacial score (nSPS) is 19.4. The van der Waals surface area contributed by atoms with Crippen molar-refractivity contribution in [2.24, 2.45) is 0 Å². The highest BCUT2D eigenvalue weighted by Crippen LogP contribution is 2.15. The van der Waals surface area contributed by atoms with Gasteiger partial charge in [0.05, 0.1) is 12.7 Å². The van der Waals surface area contributed by atoms with Crippen molar-refractivity contribution in [2.45, 2.75) is 38.7 Å². The molecule has 1 aromatic rings. The molecule has 0 aromatic heterocycles. The molecular formula is C18H28N2O2. The van der Waals surface area contributed by atoms with Crippen molar-refractivity contribution in [3.05, 3.63) is 35.4 Å². The zero-order chi connectivity index (χ0) is 15.9. The average molecular weight is 304 g/mol. The average Bonchev–Trinajstić information content (AvgIpc) is 2.51. The van der Waals surface area contributed by atoms with Crippen LogP contribution in [0.25, 0.3) is 0 Å². The van der Waals surface area contributed by atoms with Crippen LogP contribution in [0.3, 0.4) is 0 Å². The summed E-state index contributed by atoms with van der Waals surface area (Å²) in [6.07, 6.45) is 1.44. The Morgan fingerprint density at radius 1 is 1.36 bits per heavy atom. The number of carbonyl (C=O) groups is 1. The Morgan fingerprint density at radius 2 is 2.09 bits per heavy atom. The Labute approximate surface area is 133 Å². The van der Waals surface area contributed by atoms with E-state index in [0.717, 1.165) is 26.1 Å².